The number of aromatic nitrogens is 1. The molecule has 100 valence electrons. The molecule has 1 saturated heterocycles. The summed E-state index contributed by atoms with van der Waals surface area (Å²) in [6, 6.07) is 7.62. The van der Waals surface area contributed by atoms with E-state index in [0.717, 1.165) is 29.9 Å². The standard InChI is InChI=1S/C13H15N3O2S/c17-12(14-7-9-5-6-18-8-9)16-13-15-10-3-1-2-4-11(10)19-13/h1-4,9H,5-8H2,(H2,14,15,16,17)/t9-/m0/s1. The molecule has 2 amide bonds. The molecule has 1 atom stereocenters. The summed E-state index contributed by atoms with van der Waals surface area (Å²) in [5.41, 5.74) is 0.909. The van der Waals surface area contributed by atoms with Crippen LogP contribution in [-0.2, 0) is 4.74 Å². The van der Waals surface area contributed by atoms with Gasteiger partial charge < -0.3 is 10.1 Å². The van der Waals surface area contributed by atoms with Crippen LogP contribution in [0.15, 0.2) is 24.3 Å². The lowest BCUT2D eigenvalue weighted by Gasteiger charge is -2.09. The largest absolute Gasteiger partial charge is 0.381 e. The SMILES string of the molecule is O=C(NC[C@@H]1CCOC1)Nc1nc2ccccc2s1. The molecule has 0 radical (unpaired) electrons. The third-order valence-electron chi connectivity index (χ3n) is 3.09. The number of thiazole rings is 1. The first-order valence-electron chi connectivity index (χ1n) is 6.29. The fraction of sp³-hybridized carbons (Fsp3) is 0.385. The number of urea groups is 1. The van der Waals surface area contributed by atoms with E-state index in [4.69, 9.17) is 4.74 Å². The second-order valence-corrected chi connectivity index (χ2v) is 5.58. The Bertz CT molecular complexity index is 545. The number of anilines is 1. The highest BCUT2D eigenvalue weighted by atomic mass is 32.1. The van der Waals surface area contributed by atoms with Crippen LogP contribution in [0.3, 0.4) is 0 Å². The average Bonchev–Trinajstić information content (AvgIpc) is 3.04. The second-order valence-electron chi connectivity index (χ2n) is 4.55. The van der Waals surface area contributed by atoms with Crippen molar-refractivity contribution in [2.75, 3.05) is 25.1 Å². The fourth-order valence-electron chi connectivity index (χ4n) is 2.05. The van der Waals surface area contributed by atoms with Crippen LogP contribution in [0.1, 0.15) is 6.42 Å². The molecule has 1 aliphatic rings. The second kappa shape index (κ2) is 5.54. The number of benzene rings is 1. The third-order valence-corrected chi connectivity index (χ3v) is 4.04. The molecule has 5 nitrogen and oxygen atoms in total. The number of hydrogen-bond donors (Lipinski definition) is 2. The summed E-state index contributed by atoms with van der Waals surface area (Å²) in [5, 5.41) is 6.25. The summed E-state index contributed by atoms with van der Waals surface area (Å²) < 4.78 is 6.34. The highest BCUT2D eigenvalue weighted by Crippen LogP contribution is 2.25. The number of nitrogens with one attached hydrogen (secondary N) is 2. The molecule has 1 fully saturated rings. The van der Waals surface area contributed by atoms with Crippen molar-refractivity contribution in [2.45, 2.75) is 6.42 Å². The molecule has 1 aliphatic heterocycles. The van der Waals surface area contributed by atoms with Crippen molar-refractivity contribution in [1.29, 1.82) is 0 Å². The molecule has 6 heteroatoms. The van der Waals surface area contributed by atoms with Gasteiger partial charge in [0.05, 0.1) is 16.8 Å². The number of para-hydroxylation sites is 1. The normalized spacial score (nSPS) is 18.6. The Morgan fingerprint density at radius 3 is 3.16 bits per heavy atom. The van der Waals surface area contributed by atoms with Gasteiger partial charge >= 0.3 is 6.03 Å². The molecule has 2 aromatic rings. The number of hydrogen-bond acceptors (Lipinski definition) is 4. The maximum atomic E-state index is 11.7. The minimum absolute atomic E-state index is 0.203. The molecular formula is C13H15N3O2S. The van der Waals surface area contributed by atoms with Crippen LogP contribution < -0.4 is 10.6 Å². The number of ether oxygens (including phenoxy) is 1. The van der Waals surface area contributed by atoms with E-state index >= 15 is 0 Å². The molecule has 2 N–H and O–H groups in total. The molecule has 0 unspecified atom stereocenters. The Morgan fingerprint density at radius 2 is 2.37 bits per heavy atom. The first-order valence-corrected chi connectivity index (χ1v) is 7.11. The Hall–Kier alpha value is -1.66. The zero-order chi connectivity index (χ0) is 13.1. The smallest absolute Gasteiger partial charge is 0.321 e. The maximum absolute atomic E-state index is 11.7. The van der Waals surface area contributed by atoms with Gasteiger partial charge in [-0.15, -0.1) is 0 Å². The first-order chi connectivity index (χ1) is 9.31. The van der Waals surface area contributed by atoms with E-state index < -0.39 is 0 Å². The highest BCUT2D eigenvalue weighted by molar-refractivity contribution is 7.22. The van der Waals surface area contributed by atoms with Crippen molar-refractivity contribution in [1.82, 2.24) is 10.3 Å². The van der Waals surface area contributed by atoms with Crippen LogP contribution in [0, 0.1) is 5.92 Å². The fourth-order valence-corrected chi connectivity index (χ4v) is 2.91. The molecule has 1 aromatic carbocycles. The van der Waals surface area contributed by atoms with E-state index in [9.17, 15) is 4.79 Å². The Kier molecular flexibility index (Phi) is 3.61. The van der Waals surface area contributed by atoms with Crippen LogP contribution >= 0.6 is 11.3 Å². The van der Waals surface area contributed by atoms with Gasteiger partial charge in [0.2, 0.25) is 0 Å². The summed E-state index contributed by atoms with van der Waals surface area (Å²) in [6.45, 7) is 2.18. The predicted octanol–water partition coefficient (Wildman–Crippen LogP) is 2.45. The highest BCUT2D eigenvalue weighted by Gasteiger charge is 2.16. The average molecular weight is 277 g/mol. The van der Waals surface area contributed by atoms with E-state index in [1.165, 1.54) is 11.3 Å². The molecule has 0 spiro atoms. The topological polar surface area (TPSA) is 63.2 Å². The summed E-state index contributed by atoms with van der Waals surface area (Å²) in [7, 11) is 0. The zero-order valence-electron chi connectivity index (χ0n) is 10.4. The number of fused-ring (bicyclic) bond motifs is 1. The number of nitrogens with zero attached hydrogens (tertiary/aromatic N) is 1. The molecule has 1 aromatic heterocycles. The first kappa shape index (κ1) is 12.4. The number of carbonyl (C=O) groups is 1. The maximum Gasteiger partial charge on any atom is 0.321 e. The van der Waals surface area contributed by atoms with Crippen molar-refractivity contribution >= 4 is 32.7 Å². The van der Waals surface area contributed by atoms with Crippen LogP contribution in [0.4, 0.5) is 9.93 Å². The van der Waals surface area contributed by atoms with E-state index in [1.807, 2.05) is 24.3 Å². The van der Waals surface area contributed by atoms with Gasteiger partial charge in [-0.3, -0.25) is 5.32 Å². The van der Waals surface area contributed by atoms with Gasteiger partial charge in [0.25, 0.3) is 0 Å². The molecule has 0 aliphatic carbocycles. The third kappa shape index (κ3) is 3.02. The van der Waals surface area contributed by atoms with Crippen molar-refractivity contribution in [3.05, 3.63) is 24.3 Å². The van der Waals surface area contributed by atoms with Gasteiger partial charge in [-0.1, -0.05) is 23.5 Å². The van der Waals surface area contributed by atoms with Gasteiger partial charge in [-0.05, 0) is 18.6 Å². The Balaban J connectivity index is 1.56. The Morgan fingerprint density at radius 1 is 1.47 bits per heavy atom. The lowest BCUT2D eigenvalue weighted by molar-refractivity contribution is 0.185. The van der Waals surface area contributed by atoms with Crippen molar-refractivity contribution < 1.29 is 9.53 Å². The number of rotatable bonds is 3. The van der Waals surface area contributed by atoms with E-state index in [2.05, 4.69) is 15.6 Å². The molecule has 0 saturated carbocycles. The van der Waals surface area contributed by atoms with Gasteiger partial charge in [0.15, 0.2) is 5.13 Å². The summed E-state index contributed by atoms with van der Waals surface area (Å²) in [5.74, 6) is 0.432. The zero-order valence-corrected chi connectivity index (χ0v) is 11.2. The quantitative estimate of drug-likeness (QED) is 0.906. The van der Waals surface area contributed by atoms with Crippen LogP contribution in [0.2, 0.25) is 0 Å². The van der Waals surface area contributed by atoms with Gasteiger partial charge in [-0.2, -0.15) is 0 Å². The van der Waals surface area contributed by atoms with E-state index in [-0.39, 0.29) is 6.03 Å². The van der Waals surface area contributed by atoms with E-state index in [1.54, 1.807) is 0 Å². The van der Waals surface area contributed by atoms with Crippen LogP contribution in [-0.4, -0.2) is 30.8 Å². The van der Waals surface area contributed by atoms with Crippen molar-refractivity contribution in [2.24, 2.45) is 5.92 Å². The van der Waals surface area contributed by atoms with E-state index in [0.29, 0.717) is 17.6 Å². The summed E-state index contributed by atoms with van der Waals surface area (Å²) in [4.78, 5) is 16.1. The van der Waals surface area contributed by atoms with Crippen LogP contribution in [0.5, 0.6) is 0 Å². The predicted molar refractivity (Wildman–Crippen MR) is 75.6 cm³/mol. The minimum atomic E-state index is -0.203. The number of carbonyl (C=O) groups excluding carboxylic acids is 1. The van der Waals surface area contributed by atoms with Crippen molar-refractivity contribution in [3.8, 4) is 0 Å². The molecular weight excluding hydrogens is 262 g/mol. The lowest BCUT2D eigenvalue weighted by Crippen LogP contribution is -2.33. The minimum Gasteiger partial charge on any atom is -0.381 e. The lowest BCUT2D eigenvalue weighted by atomic mass is 10.1. The monoisotopic (exact) mass is 277 g/mol. The van der Waals surface area contributed by atoms with Crippen molar-refractivity contribution in [3.63, 3.8) is 0 Å². The van der Waals surface area contributed by atoms with Gasteiger partial charge in [0, 0.05) is 19.1 Å². The Labute approximate surface area is 115 Å². The molecule has 19 heavy (non-hydrogen) atoms. The van der Waals surface area contributed by atoms with Gasteiger partial charge in [0.1, 0.15) is 0 Å². The molecule has 2 heterocycles. The molecule has 3 rings (SSSR count). The molecule has 0 bridgehead atoms. The van der Waals surface area contributed by atoms with Gasteiger partial charge in [-0.25, -0.2) is 9.78 Å². The summed E-state index contributed by atoms with van der Waals surface area (Å²) in [6.07, 6.45) is 1.02. The number of amides is 2. The van der Waals surface area contributed by atoms with Crippen LogP contribution in [0.25, 0.3) is 10.2 Å². The summed E-state index contributed by atoms with van der Waals surface area (Å²) >= 11 is 1.48.